The van der Waals surface area contributed by atoms with Crippen LogP contribution in [-0.2, 0) is 0 Å². The van der Waals surface area contributed by atoms with Crippen LogP contribution in [0.25, 0.3) is 22.1 Å². The van der Waals surface area contributed by atoms with Crippen LogP contribution in [0.4, 0.5) is 0 Å². The SMILES string of the molecule is N#Cc1ccc2nc([C@@H](O)[C@@H](O)c3nc4ccc(C#N)cc4[nH]3)[nH]c2c1. The quantitative estimate of drug-likeness (QED) is 0.447. The molecular formula is C18H12N6O2. The summed E-state index contributed by atoms with van der Waals surface area (Å²) in [7, 11) is 0. The molecule has 8 nitrogen and oxygen atoms in total. The zero-order chi connectivity index (χ0) is 18.3. The Balaban J connectivity index is 1.68. The van der Waals surface area contributed by atoms with Crippen molar-refractivity contribution in [1.82, 2.24) is 19.9 Å². The Hall–Kier alpha value is -3.72. The van der Waals surface area contributed by atoms with E-state index in [9.17, 15) is 10.2 Å². The van der Waals surface area contributed by atoms with Crippen molar-refractivity contribution in [2.75, 3.05) is 0 Å². The minimum absolute atomic E-state index is 0.167. The lowest BCUT2D eigenvalue weighted by atomic mass is 10.2. The Morgan fingerprint density at radius 1 is 0.769 bits per heavy atom. The molecule has 0 aliphatic rings. The lowest BCUT2D eigenvalue weighted by Gasteiger charge is -2.13. The molecular weight excluding hydrogens is 332 g/mol. The Labute approximate surface area is 147 Å². The van der Waals surface area contributed by atoms with E-state index in [1.165, 1.54) is 0 Å². The van der Waals surface area contributed by atoms with Gasteiger partial charge in [0.15, 0.2) is 0 Å². The van der Waals surface area contributed by atoms with Crippen molar-refractivity contribution in [3.05, 3.63) is 59.2 Å². The molecule has 4 N–H and O–H groups in total. The van der Waals surface area contributed by atoms with Gasteiger partial charge in [0.2, 0.25) is 0 Å². The number of imidazole rings is 2. The van der Waals surface area contributed by atoms with Crippen LogP contribution in [0.2, 0.25) is 0 Å². The molecule has 4 rings (SSSR count). The second-order valence-electron chi connectivity index (χ2n) is 5.82. The van der Waals surface area contributed by atoms with Crippen LogP contribution in [0.1, 0.15) is 35.0 Å². The second-order valence-corrected chi connectivity index (χ2v) is 5.82. The van der Waals surface area contributed by atoms with Gasteiger partial charge in [-0.3, -0.25) is 0 Å². The van der Waals surface area contributed by atoms with E-state index in [4.69, 9.17) is 10.5 Å². The van der Waals surface area contributed by atoms with Crippen molar-refractivity contribution in [3.63, 3.8) is 0 Å². The van der Waals surface area contributed by atoms with Gasteiger partial charge in [-0.05, 0) is 36.4 Å². The van der Waals surface area contributed by atoms with Gasteiger partial charge in [0, 0.05) is 0 Å². The number of hydrogen-bond acceptors (Lipinski definition) is 6. The minimum Gasteiger partial charge on any atom is -0.382 e. The van der Waals surface area contributed by atoms with Crippen LogP contribution in [0, 0.1) is 22.7 Å². The van der Waals surface area contributed by atoms with Crippen LogP contribution in [-0.4, -0.2) is 30.1 Å². The maximum Gasteiger partial charge on any atom is 0.145 e. The number of aliphatic hydroxyl groups is 2. The van der Waals surface area contributed by atoms with Gasteiger partial charge in [-0.1, -0.05) is 0 Å². The molecule has 0 saturated heterocycles. The van der Waals surface area contributed by atoms with E-state index in [0.717, 1.165) is 0 Å². The second kappa shape index (κ2) is 5.97. The number of aromatic nitrogens is 4. The number of H-pyrrole nitrogens is 2. The minimum atomic E-state index is -1.34. The van der Waals surface area contributed by atoms with Crippen molar-refractivity contribution in [1.29, 1.82) is 10.5 Å². The third-order valence-electron chi connectivity index (χ3n) is 4.12. The number of hydrogen-bond donors (Lipinski definition) is 4. The van der Waals surface area contributed by atoms with E-state index >= 15 is 0 Å². The predicted octanol–water partition coefficient (Wildman–Crippen LogP) is 1.95. The summed E-state index contributed by atoms with van der Waals surface area (Å²) in [5.74, 6) is 0.335. The highest BCUT2D eigenvalue weighted by Crippen LogP contribution is 2.28. The van der Waals surface area contributed by atoms with Gasteiger partial charge in [0.1, 0.15) is 23.9 Å². The average Bonchev–Trinajstić information content (AvgIpc) is 3.29. The van der Waals surface area contributed by atoms with Crippen molar-refractivity contribution in [3.8, 4) is 12.1 Å². The third-order valence-corrected chi connectivity index (χ3v) is 4.12. The zero-order valence-electron chi connectivity index (χ0n) is 13.3. The molecule has 0 aliphatic heterocycles. The van der Waals surface area contributed by atoms with Crippen LogP contribution >= 0.6 is 0 Å². The summed E-state index contributed by atoms with van der Waals surface area (Å²) in [4.78, 5) is 14.3. The fraction of sp³-hybridized carbons (Fsp3) is 0.111. The largest absolute Gasteiger partial charge is 0.382 e. The van der Waals surface area contributed by atoms with E-state index in [1.807, 2.05) is 12.1 Å². The predicted molar refractivity (Wildman–Crippen MR) is 91.5 cm³/mol. The van der Waals surface area contributed by atoms with Gasteiger partial charge in [0.25, 0.3) is 0 Å². The smallest absolute Gasteiger partial charge is 0.145 e. The molecule has 0 aliphatic carbocycles. The highest BCUT2D eigenvalue weighted by molar-refractivity contribution is 5.77. The highest BCUT2D eigenvalue weighted by atomic mass is 16.3. The molecule has 0 radical (unpaired) electrons. The molecule has 2 heterocycles. The highest BCUT2D eigenvalue weighted by Gasteiger charge is 2.26. The lowest BCUT2D eigenvalue weighted by Crippen LogP contribution is -2.13. The Kier molecular flexibility index (Phi) is 3.63. The number of aromatic amines is 2. The van der Waals surface area contributed by atoms with E-state index in [0.29, 0.717) is 33.2 Å². The maximum atomic E-state index is 10.5. The fourth-order valence-electron chi connectivity index (χ4n) is 2.78. The number of nitrogens with zero attached hydrogens (tertiary/aromatic N) is 4. The van der Waals surface area contributed by atoms with Crippen molar-refractivity contribution in [2.24, 2.45) is 0 Å². The molecule has 2 aromatic heterocycles. The third kappa shape index (κ3) is 2.56. The standard InChI is InChI=1S/C18H12N6O2/c19-7-9-1-3-11-13(5-9)23-17(21-11)15(25)16(26)18-22-12-4-2-10(8-20)6-14(12)24-18/h1-6,15-16,25-26H,(H,21,23)(H,22,24)/t15-,16+. The number of aliphatic hydroxyl groups excluding tert-OH is 2. The zero-order valence-corrected chi connectivity index (χ0v) is 13.3. The lowest BCUT2D eigenvalue weighted by molar-refractivity contribution is 0.00780. The molecule has 4 aromatic rings. The average molecular weight is 344 g/mol. The molecule has 26 heavy (non-hydrogen) atoms. The van der Waals surface area contributed by atoms with Gasteiger partial charge in [-0.2, -0.15) is 10.5 Å². The number of fused-ring (bicyclic) bond motifs is 2. The monoisotopic (exact) mass is 344 g/mol. The molecule has 0 fully saturated rings. The van der Waals surface area contributed by atoms with E-state index < -0.39 is 12.2 Å². The Morgan fingerprint density at radius 2 is 1.19 bits per heavy atom. The number of benzene rings is 2. The topological polar surface area (TPSA) is 145 Å². The molecule has 0 bridgehead atoms. The molecule has 0 unspecified atom stereocenters. The normalized spacial score (nSPS) is 13.4. The summed E-state index contributed by atoms with van der Waals surface area (Å²) < 4.78 is 0. The molecule has 8 heteroatoms. The first-order chi connectivity index (χ1) is 12.6. The van der Waals surface area contributed by atoms with E-state index in [2.05, 4.69) is 19.9 Å². The first-order valence-electron chi connectivity index (χ1n) is 7.74. The molecule has 2 aromatic carbocycles. The van der Waals surface area contributed by atoms with Gasteiger partial charge < -0.3 is 20.2 Å². The van der Waals surface area contributed by atoms with E-state index in [1.54, 1.807) is 36.4 Å². The maximum absolute atomic E-state index is 10.5. The number of nitrogens with one attached hydrogen (secondary N) is 2. The molecule has 0 saturated carbocycles. The molecule has 2 atom stereocenters. The van der Waals surface area contributed by atoms with Crippen LogP contribution in [0.5, 0.6) is 0 Å². The number of rotatable bonds is 3. The summed E-state index contributed by atoms with van der Waals surface area (Å²) in [6.07, 6.45) is -2.69. The van der Waals surface area contributed by atoms with Crippen LogP contribution in [0.3, 0.4) is 0 Å². The summed E-state index contributed by atoms with van der Waals surface area (Å²) in [6, 6.07) is 13.9. The number of nitriles is 2. The van der Waals surface area contributed by atoms with Gasteiger partial charge in [0.05, 0.1) is 45.3 Å². The van der Waals surface area contributed by atoms with Gasteiger partial charge >= 0.3 is 0 Å². The fourth-order valence-corrected chi connectivity index (χ4v) is 2.78. The van der Waals surface area contributed by atoms with Gasteiger partial charge in [-0.15, -0.1) is 0 Å². The Morgan fingerprint density at radius 3 is 1.58 bits per heavy atom. The molecule has 0 amide bonds. The van der Waals surface area contributed by atoms with E-state index in [-0.39, 0.29) is 11.6 Å². The molecule has 0 spiro atoms. The summed E-state index contributed by atoms with van der Waals surface area (Å²) in [6.45, 7) is 0. The molecule has 126 valence electrons. The Bertz CT molecular complexity index is 1110. The summed E-state index contributed by atoms with van der Waals surface area (Å²) in [5, 5.41) is 38.9. The summed E-state index contributed by atoms with van der Waals surface area (Å²) in [5.41, 5.74) is 3.27. The van der Waals surface area contributed by atoms with Crippen molar-refractivity contribution >= 4 is 22.1 Å². The van der Waals surface area contributed by atoms with Crippen molar-refractivity contribution in [2.45, 2.75) is 12.2 Å². The summed E-state index contributed by atoms with van der Waals surface area (Å²) >= 11 is 0. The van der Waals surface area contributed by atoms with Crippen molar-refractivity contribution < 1.29 is 10.2 Å². The first-order valence-corrected chi connectivity index (χ1v) is 7.74. The van der Waals surface area contributed by atoms with Crippen LogP contribution < -0.4 is 0 Å². The first kappa shape index (κ1) is 15.8. The van der Waals surface area contributed by atoms with Gasteiger partial charge in [-0.25, -0.2) is 9.97 Å². The van der Waals surface area contributed by atoms with Crippen LogP contribution in [0.15, 0.2) is 36.4 Å².